The third-order valence-corrected chi connectivity index (χ3v) is 14.1. The van der Waals surface area contributed by atoms with E-state index in [1.807, 2.05) is 101 Å². The van der Waals surface area contributed by atoms with E-state index in [-0.39, 0.29) is 59.9 Å². The average molecular weight is 904 g/mol. The number of anilines is 1. The van der Waals surface area contributed by atoms with E-state index in [1.165, 1.54) is 16.9 Å². The van der Waals surface area contributed by atoms with Crippen molar-refractivity contribution in [3.05, 3.63) is 82.3 Å². The third-order valence-electron chi connectivity index (χ3n) is 13.2. The number of methoxy groups -OCH3 is 2. The lowest BCUT2D eigenvalue weighted by molar-refractivity contribution is -0.148. The van der Waals surface area contributed by atoms with Crippen LogP contribution in [0.4, 0.5) is 5.69 Å². The minimum atomic E-state index is -0.790. The van der Waals surface area contributed by atoms with Crippen molar-refractivity contribution in [2.75, 3.05) is 53.8 Å². The first-order valence-corrected chi connectivity index (χ1v) is 24.1. The molecule has 9 unspecified atom stereocenters. The molecule has 4 rings (SSSR count). The number of carbonyl (C=O) groups is 4. The van der Waals surface area contributed by atoms with Crippen molar-refractivity contribution in [2.45, 2.75) is 129 Å². The molecule has 1 fully saturated rings. The number of thiazole rings is 1. The summed E-state index contributed by atoms with van der Waals surface area (Å²) in [7, 11) is 8.81. The molecule has 2 aromatic carbocycles. The van der Waals surface area contributed by atoms with Gasteiger partial charge in [0, 0.05) is 58.7 Å². The van der Waals surface area contributed by atoms with Crippen molar-refractivity contribution >= 4 is 40.7 Å². The first kappa shape index (κ1) is 52.3. The fraction of sp³-hybridized carbons (Fsp3) is 0.620. The number of ether oxygens (including phenoxy) is 2. The van der Waals surface area contributed by atoms with Crippen LogP contribution in [0.3, 0.4) is 0 Å². The lowest BCUT2D eigenvalue weighted by Crippen LogP contribution is -2.60. The number of benzene rings is 2. The van der Waals surface area contributed by atoms with Gasteiger partial charge in [0.15, 0.2) is 0 Å². The molecule has 1 aliphatic rings. The summed E-state index contributed by atoms with van der Waals surface area (Å²) in [5.41, 5.74) is 3.32. The maximum atomic E-state index is 14.6. The number of hydrogen-bond acceptors (Lipinski definition) is 10. The Morgan fingerprint density at radius 3 is 2.14 bits per heavy atom. The molecular formula is C50H77N7O6S. The van der Waals surface area contributed by atoms with Crippen molar-refractivity contribution < 1.29 is 28.7 Å². The normalized spacial score (nSPS) is 17.9. The number of amides is 4. The summed E-state index contributed by atoms with van der Waals surface area (Å²) >= 11 is 1.51. The van der Waals surface area contributed by atoms with Gasteiger partial charge in [0.2, 0.25) is 23.6 Å². The minimum absolute atomic E-state index is 0.00127. The van der Waals surface area contributed by atoms with Crippen molar-refractivity contribution in [3.8, 4) is 0 Å². The molecule has 1 aromatic heterocycles. The zero-order valence-corrected chi connectivity index (χ0v) is 41.3. The van der Waals surface area contributed by atoms with E-state index in [1.54, 1.807) is 32.4 Å². The van der Waals surface area contributed by atoms with E-state index in [4.69, 9.17) is 9.47 Å². The maximum Gasteiger partial charge on any atom is 0.245 e. The van der Waals surface area contributed by atoms with Gasteiger partial charge in [-0.25, -0.2) is 4.98 Å². The van der Waals surface area contributed by atoms with Gasteiger partial charge >= 0.3 is 0 Å². The molecule has 2 heterocycles. The van der Waals surface area contributed by atoms with Gasteiger partial charge in [-0.1, -0.05) is 97.4 Å². The predicted molar refractivity (Wildman–Crippen MR) is 257 cm³/mol. The highest BCUT2D eigenvalue weighted by atomic mass is 32.1. The average Bonchev–Trinajstić information content (AvgIpc) is 4.01. The number of carbonyl (C=O) groups excluding carboxylic acids is 4. The molecule has 0 saturated carbocycles. The van der Waals surface area contributed by atoms with Gasteiger partial charge in [0.1, 0.15) is 11.0 Å². The number of likely N-dealkylation sites (N-methyl/N-ethyl adjacent to an activating group) is 2. The van der Waals surface area contributed by atoms with Crippen molar-refractivity contribution in [3.63, 3.8) is 0 Å². The van der Waals surface area contributed by atoms with Gasteiger partial charge in [-0.15, -0.1) is 11.3 Å². The largest absolute Gasteiger partial charge is 0.388 e. The van der Waals surface area contributed by atoms with Crippen LogP contribution in [0.2, 0.25) is 0 Å². The molecule has 9 atom stereocenters. The van der Waals surface area contributed by atoms with Crippen LogP contribution < -0.4 is 16.0 Å². The van der Waals surface area contributed by atoms with Gasteiger partial charge in [-0.2, -0.15) is 0 Å². The summed E-state index contributed by atoms with van der Waals surface area (Å²) < 4.78 is 12.2. The minimum Gasteiger partial charge on any atom is -0.388 e. The second-order valence-corrected chi connectivity index (χ2v) is 19.2. The summed E-state index contributed by atoms with van der Waals surface area (Å²) in [6.07, 6.45) is 4.19. The van der Waals surface area contributed by atoms with E-state index in [2.05, 4.69) is 51.8 Å². The molecule has 3 N–H and O–H groups in total. The van der Waals surface area contributed by atoms with Crippen molar-refractivity contribution in [2.24, 2.45) is 23.7 Å². The maximum absolute atomic E-state index is 14.6. The molecule has 3 aromatic rings. The Bertz CT molecular complexity index is 1880. The monoisotopic (exact) mass is 904 g/mol. The van der Waals surface area contributed by atoms with Gasteiger partial charge in [0.05, 0.1) is 48.7 Å². The Morgan fingerprint density at radius 1 is 0.891 bits per heavy atom. The van der Waals surface area contributed by atoms with E-state index in [0.29, 0.717) is 25.9 Å². The molecule has 0 bridgehead atoms. The van der Waals surface area contributed by atoms with Crippen LogP contribution in [0.25, 0.3) is 0 Å². The zero-order chi connectivity index (χ0) is 47.1. The summed E-state index contributed by atoms with van der Waals surface area (Å²) in [5.74, 6) is -1.48. The number of nitrogens with zero attached hydrogens (tertiary/aromatic N) is 4. The number of aromatic nitrogens is 1. The summed E-state index contributed by atoms with van der Waals surface area (Å²) in [6.45, 7) is 15.1. The molecule has 0 spiro atoms. The van der Waals surface area contributed by atoms with Crippen LogP contribution in [0, 0.1) is 23.7 Å². The third kappa shape index (κ3) is 13.8. The fourth-order valence-corrected chi connectivity index (χ4v) is 10.0. The van der Waals surface area contributed by atoms with Gasteiger partial charge in [0.25, 0.3) is 0 Å². The van der Waals surface area contributed by atoms with Gasteiger partial charge < -0.3 is 35.2 Å². The smallest absolute Gasteiger partial charge is 0.245 e. The Labute approximate surface area is 387 Å². The van der Waals surface area contributed by atoms with E-state index >= 15 is 0 Å². The van der Waals surface area contributed by atoms with Crippen molar-refractivity contribution in [1.29, 1.82) is 0 Å². The molecule has 13 nitrogen and oxygen atoms in total. The first-order chi connectivity index (χ1) is 30.6. The quantitative estimate of drug-likeness (QED) is 0.0833. The molecule has 1 aliphatic heterocycles. The SMILES string of the molecule is CCC(C)C(C(CC(=O)N1CCCC1C(OC)C(C)C(=O)NC(Cc1ccccc1)c1nccs1)OC)N(C)C(=O)C(NC(=O)C(C(C)C)N(C)CCc1ccc(NC)cc1)C(C)C. The van der Waals surface area contributed by atoms with Crippen LogP contribution in [0.1, 0.15) is 96.3 Å². The Morgan fingerprint density at radius 2 is 1.58 bits per heavy atom. The summed E-state index contributed by atoms with van der Waals surface area (Å²) in [4.78, 5) is 67.4. The van der Waals surface area contributed by atoms with E-state index in [0.717, 1.165) is 35.5 Å². The Balaban J connectivity index is 1.46. The number of nitrogens with one attached hydrogen (secondary N) is 3. The van der Waals surface area contributed by atoms with E-state index < -0.39 is 36.3 Å². The molecule has 14 heteroatoms. The molecule has 354 valence electrons. The second kappa shape index (κ2) is 25.4. The first-order valence-electron chi connectivity index (χ1n) is 23.2. The molecular weight excluding hydrogens is 827 g/mol. The highest BCUT2D eigenvalue weighted by Crippen LogP contribution is 2.31. The number of hydrogen-bond donors (Lipinski definition) is 3. The standard InChI is InChI=1S/C50H77N7O6S/c1-13-34(6)45(56(10)50(61)43(32(2)3)54-48(60)44(33(4)5)55(9)28-25-36-21-23-38(51-8)24-22-36)41(62-11)31-42(58)57-27-17-20-40(57)46(63-12)35(7)47(59)53-39(49-52-26-29-64-49)30-37-18-15-14-16-19-37/h14-16,18-19,21-24,26,29,32-35,39-41,43-46,51H,13,17,20,25,27-28,30-31H2,1-12H3,(H,53,59)(H,54,60). The van der Waals surface area contributed by atoms with Gasteiger partial charge in [-0.3, -0.25) is 24.1 Å². The molecule has 4 amide bonds. The number of likely N-dealkylation sites (tertiary alicyclic amines) is 1. The summed E-state index contributed by atoms with van der Waals surface area (Å²) in [6, 6.07) is 16.0. The van der Waals surface area contributed by atoms with Crippen LogP contribution >= 0.6 is 11.3 Å². The molecule has 64 heavy (non-hydrogen) atoms. The van der Waals surface area contributed by atoms with Crippen LogP contribution in [0.5, 0.6) is 0 Å². The molecule has 1 saturated heterocycles. The number of rotatable bonds is 25. The molecule has 0 aliphatic carbocycles. The molecule has 0 radical (unpaired) electrons. The zero-order valence-electron chi connectivity index (χ0n) is 40.5. The summed E-state index contributed by atoms with van der Waals surface area (Å²) in [5, 5.41) is 12.3. The highest BCUT2D eigenvalue weighted by Gasteiger charge is 2.43. The Hall–Kier alpha value is -4.37. The van der Waals surface area contributed by atoms with Crippen LogP contribution in [-0.2, 0) is 41.5 Å². The highest BCUT2D eigenvalue weighted by molar-refractivity contribution is 7.09. The lowest BCUT2D eigenvalue weighted by Gasteiger charge is -2.41. The van der Waals surface area contributed by atoms with Gasteiger partial charge in [-0.05, 0) is 73.7 Å². The fourth-order valence-electron chi connectivity index (χ4n) is 9.33. The van der Waals surface area contributed by atoms with Crippen molar-refractivity contribution in [1.82, 2.24) is 30.3 Å². The van der Waals surface area contributed by atoms with Crippen LogP contribution in [0.15, 0.2) is 66.2 Å². The second-order valence-electron chi connectivity index (χ2n) is 18.3. The Kier molecular flexibility index (Phi) is 20.7. The predicted octanol–water partition coefficient (Wildman–Crippen LogP) is 6.85. The topological polar surface area (TPSA) is 145 Å². The van der Waals surface area contributed by atoms with E-state index in [9.17, 15) is 19.2 Å². The lowest BCUT2D eigenvalue weighted by atomic mass is 9.89. The van der Waals surface area contributed by atoms with Crippen LogP contribution in [-0.4, -0.2) is 128 Å².